The predicted octanol–water partition coefficient (Wildman–Crippen LogP) is 1.22. The Morgan fingerprint density at radius 1 is 1.04 bits per heavy atom. The number of rotatable bonds is 5. The number of sulfonamides is 1. The van der Waals surface area contributed by atoms with Crippen LogP contribution in [0.1, 0.15) is 0 Å². The highest BCUT2D eigenvalue weighted by Gasteiger charge is 2.32. The molecule has 10 nitrogen and oxygen atoms in total. The lowest BCUT2D eigenvalue weighted by molar-refractivity contribution is 0.206. The number of hydrogen-bond donors (Lipinski definition) is 1. The summed E-state index contributed by atoms with van der Waals surface area (Å²) in [5.74, 6) is 0.367. The van der Waals surface area contributed by atoms with Crippen molar-refractivity contribution in [2.45, 2.75) is 10.1 Å². The molecule has 0 aliphatic rings. The second kappa shape index (κ2) is 7.13. The van der Waals surface area contributed by atoms with Crippen molar-refractivity contribution in [3.05, 3.63) is 48.7 Å². The number of benzene rings is 1. The number of carbonyl (C=O) groups excluding carboxylic acids is 1. The van der Waals surface area contributed by atoms with Crippen LogP contribution in [-0.2, 0) is 19.9 Å². The standard InChI is InChI=1S/C16H15N3O7S2/c1-25-12-8-9-13-17-14(27(2,21)22)15(19(13)10-12)28(23,24)18-16(20)26-11-6-4-3-5-7-11/h3-10H,1-2H3,(H,18,20). The molecule has 0 aliphatic heterocycles. The first-order valence-electron chi connectivity index (χ1n) is 7.67. The number of aromatic nitrogens is 2. The summed E-state index contributed by atoms with van der Waals surface area (Å²) in [6.45, 7) is 0. The predicted molar refractivity (Wildman–Crippen MR) is 97.6 cm³/mol. The number of nitrogens with zero attached hydrogens (tertiary/aromatic N) is 2. The number of fused-ring (bicyclic) bond motifs is 1. The molecule has 1 aromatic carbocycles. The van der Waals surface area contributed by atoms with Crippen LogP contribution in [0.25, 0.3) is 5.65 Å². The van der Waals surface area contributed by atoms with Crippen LogP contribution in [0.4, 0.5) is 4.79 Å². The summed E-state index contributed by atoms with van der Waals surface area (Å²) >= 11 is 0. The van der Waals surface area contributed by atoms with Gasteiger partial charge in [-0.2, -0.15) is 8.42 Å². The molecule has 2 aromatic heterocycles. The molecule has 3 rings (SSSR count). The SMILES string of the molecule is COc1ccc2nc(S(C)(=O)=O)c(S(=O)(=O)NC(=O)Oc3ccccc3)n2c1. The Bertz CT molecular complexity index is 1250. The maximum atomic E-state index is 12.8. The summed E-state index contributed by atoms with van der Waals surface area (Å²) in [6, 6.07) is 10.6. The van der Waals surface area contributed by atoms with Gasteiger partial charge in [-0.15, -0.1) is 0 Å². The van der Waals surface area contributed by atoms with E-state index in [4.69, 9.17) is 9.47 Å². The molecule has 0 radical (unpaired) electrons. The molecule has 0 spiro atoms. The summed E-state index contributed by atoms with van der Waals surface area (Å²) in [5, 5.41) is -1.44. The van der Waals surface area contributed by atoms with Gasteiger partial charge in [0, 0.05) is 6.26 Å². The van der Waals surface area contributed by atoms with E-state index in [0.29, 0.717) is 0 Å². The highest BCUT2D eigenvalue weighted by molar-refractivity contribution is 7.93. The van der Waals surface area contributed by atoms with E-state index < -0.39 is 36.0 Å². The second-order valence-corrected chi connectivity index (χ2v) is 9.13. The number of ether oxygens (including phenoxy) is 2. The summed E-state index contributed by atoms with van der Waals surface area (Å²) in [6.07, 6.45) is 0.755. The second-order valence-electron chi connectivity index (χ2n) is 5.60. The number of hydrogen-bond acceptors (Lipinski definition) is 8. The normalized spacial score (nSPS) is 11.9. The number of sulfone groups is 1. The highest BCUT2D eigenvalue weighted by Crippen LogP contribution is 2.25. The topological polar surface area (TPSA) is 133 Å². The van der Waals surface area contributed by atoms with Gasteiger partial charge in [0.15, 0.2) is 19.9 Å². The van der Waals surface area contributed by atoms with Gasteiger partial charge in [-0.3, -0.25) is 4.40 Å². The van der Waals surface area contributed by atoms with Gasteiger partial charge in [0.25, 0.3) is 10.0 Å². The monoisotopic (exact) mass is 425 g/mol. The summed E-state index contributed by atoms with van der Waals surface area (Å²) in [4.78, 5) is 15.9. The van der Waals surface area contributed by atoms with Crippen LogP contribution in [0.15, 0.2) is 58.7 Å². The van der Waals surface area contributed by atoms with Crippen molar-refractivity contribution in [1.29, 1.82) is 0 Å². The molecule has 1 amide bonds. The first-order chi connectivity index (χ1) is 13.1. The Labute approximate surface area is 160 Å². The molecule has 0 unspecified atom stereocenters. The lowest BCUT2D eigenvalue weighted by atomic mass is 10.3. The first kappa shape index (κ1) is 19.6. The van der Waals surface area contributed by atoms with Crippen LogP contribution in [0.2, 0.25) is 0 Å². The minimum atomic E-state index is -4.66. The van der Waals surface area contributed by atoms with Crippen molar-refractivity contribution in [3.63, 3.8) is 0 Å². The number of nitrogens with one attached hydrogen (secondary N) is 1. The van der Waals surface area contributed by atoms with E-state index in [1.807, 2.05) is 0 Å². The molecule has 0 atom stereocenters. The van der Waals surface area contributed by atoms with Gasteiger partial charge in [-0.25, -0.2) is 22.9 Å². The summed E-state index contributed by atoms with van der Waals surface area (Å²) in [7, 11) is -7.34. The number of para-hydroxylation sites is 1. The van der Waals surface area contributed by atoms with Gasteiger partial charge >= 0.3 is 6.09 Å². The zero-order valence-corrected chi connectivity index (χ0v) is 16.3. The molecule has 3 aromatic rings. The highest BCUT2D eigenvalue weighted by atomic mass is 32.2. The van der Waals surface area contributed by atoms with Crippen molar-refractivity contribution in [3.8, 4) is 11.5 Å². The third kappa shape index (κ3) is 3.92. The van der Waals surface area contributed by atoms with Crippen molar-refractivity contribution in [2.24, 2.45) is 0 Å². The maximum Gasteiger partial charge on any atom is 0.426 e. The molecule has 0 saturated heterocycles. The van der Waals surface area contributed by atoms with Gasteiger partial charge < -0.3 is 9.47 Å². The van der Waals surface area contributed by atoms with Crippen molar-refractivity contribution < 1.29 is 31.1 Å². The van der Waals surface area contributed by atoms with Gasteiger partial charge in [0.05, 0.1) is 13.3 Å². The average Bonchev–Trinajstić information content (AvgIpc) is 3.01. The fourth-order valence-corrected chi connectivity index (χ4v) is 4.86. The molecular weight excluding hydrogens is 410 g/mol. The van der Waals surface area contributed by atoms with E-state index in [1.54, 1.807) is 22.9 Å². The van der Waals surface area contributed by atoms with Crippen molar-refractivity contribution in [1.82, 2.24) is 14.1 Å². The van der Waals surface area contributed by atoms with E-state index in [9.17, 15) is 21.6 Å². The Kier molecular flexibility index (Phi) is 5.00. The van der Waals surface area contributed by atoms with Gasteiger partial charge in [-0.1, -0.05) is 18.2 Å². The Morgan fingerprint density at radius 2 is 1.71 bits per heavy atom. The number of carbonyl (C=O) groups is 1. The molecule has 28 heavy (non-hydrogen) atoms. The molecule has 0 saturated carbocycles. The zero-order chi connectivity index (χ0) is 20.5. The smallest absolute Gasteiger partial charge is 0.426 e. The molecule has 1 N–H and O–H groups in total. The van der Waals surface area contributed by atoms with E-state index in [-0.39, 0.29) is 17.1 Å². The molecule has 148 valence electrons. The largest absolute Gasteiger partial charge is 0.495 e. The van der Waals surface area contributed by atoms with Crippen molar-refractivity contribution in [2.75, 3.05) is 13.4 Å². The fraction of sp³-hybridized carbons (Fsp3) is 0.125. The minimum absolute atomic E-state index is 0.0398. The van der Waals surface area contributed by atoms with E-state index in [2.05, 4.69) is 4.98 Å². The lowest BCUT2D eigenvalue weighted by Gasteiger charge is -2.09. The van der Waals surface area contributed by atoms with Crippen LogP contribution < -0.4 is 14.2 Å². The van der Waals surface area contributed by atoms with Gasteiger partial charge in [0.2, 0.25) is 0 Å². The minimum Gasteiger partial charge on any atom is -0.495 e. The summed E-state index contributed by atoms with van der Waals surface area (Å²) in [5.41, 5.74) is 0.0398. The van der Waals surface area contributed by atoms with E-state index in [1.165, 1.54) is 37.6 Å². The van der Waals surface area contributed by atoms with E-state index >= 15 is 0 Å². The van der Waals surface area contributed by atoms with Crippen LogP contribution >= 0.6 is 0 Å². The molecule has 0 bridgehead atoms. The molecule has 12 heteroatoms. The van der Waals surface area contributed by atoms with Crippen LogP contribution in [-0.4, -0.2) is 45.7 Å². The van der Waals surface area contributed by atoms with E-state index in [0.717, 1.165) is 10.7 Å². The van der Waals surface area contributed by atoms with Gasteiger partial charge in [0.1, 0.15) is 17.1 Å². The van der Waals surface area contributed by atoms with Crippen LogP contribution in [0.3, 0.4) is 0 Å². The van der Waals surface area contributed by atoms with Crippen LogP contribution in [0, 0.1) is 0 Å². The zero-order valence-electron chi connectivity index (χ0n) is 14.7. The van der Waals surface area contributed by atoms with Crippen LogP contribution in [0.5, 0.6) is 11.5 Å². The molecule has 0 fully saturated rings. The fourth-order valence-electron chi connectivity index (χ4n) is 2.36. The summed E-state index contributed by atoms with van der Waals surface area (Å²) < 4.78 is 62.4. The molecule has 0 aliphatic carbocycles. The third-order valence-corrected chi connectivity index (χ3v) is 5.98. The van der Waals surface area contributed by atoms with Crippen molar-refractivity contribution >= 4 is 31.6 Å². The number of imidazole rings is 1. The first-order valence-corrected chi connectivity index (χ1v) is 11.0. The molecular formula is C16H15N3O7S2. The number of amides is 1. The molecule has 2 heterocycles. The maximum absolute atomic E-state index is 12.8. The Morgan fingerprint density at radius 3 is 2.32 bits per heavy atom. The average molecular weight is 425 g/mol. The lowest BCUT2D eigenvalue weighted by Crippen LogP contribution is -2.34. The third-order valence-electron chi connectivity index (χ3n) is 3.53. The Hall–Kier alpha value is -3.12. The Balaban J connectivity index is 2.08. The van der Waals surface area contributed by atoms with Gasteiger partial charge in [-0.05, 0) is 24.3 Å². The number of methoxy groups -OCH3 is 1. The number of pyridine rings is 1. The quantitative estimate of drug-likeness (QED) is 0.645.